The lowest BCUT2D eigenvalue weighted by molar-refractivity contribution is -0.118. The average Bonchev–Trinajstić information content (AvgIpc) is 2.58. The third kappa shape index (κ3) is 5.78. The minimum absolute atomic E-state index is 0.132. The van der Waals surface area contributed by atoms with Gasteiger partial charge in [-0.25, -0.2) is 4.79 Å². The fourth-order valence-electron chi connectivity index (χ4n) is 2.09. The summed E-state index contributed by atoms with van der Waals surface area (Å²) in [5.74, 6) is -0.428. The highest BCUT2D eigenvalue weighted by Crippen LogP contribution is 2.06. The van der Waals surface area contributed by atoms with Gasteiger partial charge in [-0.3, -0.25) is 9.78 Å². The van der Waals surface area contributed by atoms with Crippen LogP contribution in [0.5, 0.6) is 0 Å². The van der Waals surface area contributed by atoms with E-state index in [9.17, 15) is 9.59 Å². The monoisotopic (exact) mass is 312 g/mol. The van der Waals surface area contributed by atoms with Gasteiger partial charge in [-0.2, -0.15) is 0 Å². The molecule has 6 nitrogen and oxygen atoms in total. The van der Waals surface area contributed by atoms with Gasteiger partial charge in [-0.1, -0.05) is 36.4 Å². The van der Waals surface area contributed by atoms with Crippen molar-refractivity contribution in [1.29, 1.82) is 0 Å². The molecule has 120 valence electrons. The minimum atomic E-state index is -0.428. The van der Waals surface area contributed by atoms with E-state index in [-0.39, 0.29) is 19.0 Å². The van der Waals surface area contributed by atoms with Gasteiger partial charge in [0.2, 0.25) is 5.91 Å². The number of nitrogens with zero attached hydrogens (tertiary/aromatic N) is 2. The van der Waals surface area contributed by atoms with E-state index in [0.717, 1.165) is 11.1 Å². The SMILES string of the molecule is NC(=O)CCN(Cc1ccccc1)C(=O)NCc1cccnc1. The first-order valence-corrected chi connectivity index (χ1v) is 7.39. The number of nitrogens with two attached hydrogens (primary N) is 1. The molecule has 6 heteroatoms. The standard InChI is InChI=1S/C17H20N4O2/c18-16(22)8-10-21(13-14-5-2-1-3-6-14)17(23)20-12-15-7-4-9-19-11-15/h1-7,9,11H,8,10,12-13H2,(H2,18,22)(H,20,23). The average molecular weight is 312 g/mol. The molecule has 0 aliphatic heterocycles. The molecule has 1 aromatic heterocycles. The maximum absolute atomic E-state index is 12.4. The molecule has 0 saturated heterocycles. The van der Waals surface area contributed by atoms with Crippen LogP contribution in [0.25, 0.3) is 0 Å². The summed E-state index contributed by atoms with van der Waals surface area (Å²) in [5, 5.41) is 2.84. The van der Waals surface area contributed by atoms with Gasteiger partial charge in [0.25, 0.3) is 0 Å². The highest BCUT2D eigenvalue weighted by atomic mass is 16.2. The first kappa shape index (κ1) is 16.5. The quantitative estimate of drug-likeness (QED) is 0.815. The van der Waals surface area contributed by atoms with Crippen LogP contribution in [-0.4, -0.2) is 28.4 Å². The van der Waals surface area contributed by atoms with Gasteiger partial charge in [0.15, 0.2) is 0 Å². The molecule has 1 heterocycles. The van der Waals surface area contributed by atoms with Crippen LogP contribution >= 0.6 is 0 Å². The zero-order chi connectivity index (χ0) is 16.5. The Kier molecular flexibility index (Phi) is 6.11. The molecule has 3 N–H and O–H groups in total. The summed E-state index contributed by atoms with van der Waals surface area (Å²) in [6.45, 7) is 1.09. The van der Waals surface area contributed by atoms with E-state index in [2.05, 4.69) is 10.3 Å². The van der Waals surface area contributed by atoms with Gasteiger partial charge < -0.3 is 16.0 Å². The Morgan fingerprint density at radius 3 is 2.48 bits per heavy atom. The van der Waals surface area contributed by atoms with Crippen LogP contribution in [-0.2, 0) is 17.9 Å². The summed E-state index contributed by atoms with van der Waals surface area (Å²) in [5.41, 5.74) is 7.10. The Balaban J connectivity index is 1.97. The molecule has 0 radical (unpaired) electrons. The molecule has 0 aliphatic rings. The van der Waals surface area contributed by atoms with Crippen molar-refractivity contribution >= 4 is 11.9 Å². The highest BCUT2D eigenvalue weighted by molar-refractivity contribution is 5.77. The Morgan fingerprint density at radius 2 is 1.83 bits per heavy atom. The van der Waals surface area contributed by atoms with Crippen molar-refractivity contribution in [3.63, 3.8) is 0 Å². The molecule has 23 heavy (non-hydrogen) atoms. The second kappa shape index (κ2) is 8.53. The van der Waals surface area contributed by atoms with Gasteiger partial charge in [0.1, 0.15) is 0 Å². The lowest BCUT2D eigenvalue weighted by Crippen LogP contribution is -2.40. The second-order valence-electron chi connectivity index (χ2n) is 5.14. The van der Waals surface area contributed by atoms with Crippen molar-refractivity contribution in [2.75, 3.05) is 6.54 Å². The first-order chi connectivity index (χ1) is 11.1. The number of hydrogen-bond donors (Lipinski definition) is 2. The molecule has 0 atom stereocenters. The van der Waals surface area contributed by atoms with E-state index in [1.54, 1.807) is 17.3 Å². The molecular formula is C17H20N4O2. The summed E-state index contributed by atoms with van der Waals surface area (Å²) < 4.78 is 0. The predicted octanol–water partition coefficient (Wildman–Crippen LogP) is 1.67. The van der Waals surface area contributed by atoms with Crippen LogP contribution in [0.2, 0.25) is 0 Å². The number of aromatic nitrogens is 1. The van der Waals surface area contributed by atoms with Crippen LogP contribution in [0.15, 0.2) is 54.9 Å². The molecule has 0 fully saturated rings. The molecule has 2 aromatic rings. The lowest BCUT2D eigenvalue weighted by Gasteiger charge is -2.22. The van der Waals surface area contributed by atoms with Gasteiger partial charge >= 0.3 is 6.03 Å². The Labute approximate surface area is 135 Å². The van der Waals surface area contributed by atoms with Crippen LogP contribution in [0.4, 0.5) is 4.79 Å². The Bertz CT molecular complexity index is 632. The van der Waals surface area contributed by atoms with Crippen molar-refractivity contribution in [3.8, 4) is 0 Å². The molecule has 0 spiro atoms. The smallest absolute Gasteiger partial charge is 0.317 e. The third-order valence-electron chi connectivity index (χ3n) is 3.30. The van der Waals surface area contributed by atoms with Gasteiger partial charge in [-0.05, 0) is 17.2 Å². The molecule has 2 rings (SSSR count). The normalized spacial score (nSPS) is 10.1. The topological polar surface area (TPSA) is 88.3 Å². The van der Waals surface area contributed by atoms with Crippen molar-refractivity contribution in [2.24, 2.45) is 5.73 Å². The summed E-state index contributed by atoms with van der Waals surface area (Å²) >= 11 is 0. The summed E-state index contributed by atoms with van der Waals surface area (Å²) in [6.07, 6.45) is 3.51. The summed E-state index contributed by atoms with van der Waals surface area (Å²) in [6, 6.07) is 13.1. The number of pyridine rings is 1. The Morgan fingerprint density at radius 1 is 1.09 bits per heavy atom. The molecule has 0 saturated carbocycles. The zero-order valence-electron chi connectivity index (χ0n) is 12.8. The van der Waals surface area contributed by atoms with Crippen molar-refractivity contribution in [2.45, 2.75) is 19.5 Å². The number of rotatable bonds is 7. The number of carbonyl (C=O) groups is 2. The van der Waals surface area contributed by atoms with Crippen molar-refractivity contribution in [1.82, 2.24) is 15.2 Å². The lowest BCUT2D eigenvalue weighted by atomic mass is 10.2. The molecule has 0 bridgehead atoms. The van der Waals surface area contributed by atoms with Crippen molar-refractivity contribution in [3.05, 3.63) is 66.0 Å². The van der Waals surface area contributed by atoms with E-state index in [4.69, 9.17) is 5.73 Å². The van der Waals surface area contributed by atoms with Crippen LogP contribution in [0.1, 0.15) is 17.5 Å². The van der Waals surface area contributed by atoms with Crippen LogP contribution in [0, 0.1) is 0 Å². The first-order valence-electron chi connectivity index (χ1n) is 7.39. The second-order valence-corrected chi connectivity index (χ2v) is 5.14. The number of benzene rings is 1. The molecule has 0 aliphatic carbocycles. The summed E-state index contributed by atoms with van der Waals surface area (Å²) in [4.78, 5) is 29.0. The maximum Gasteiger partial charge on any atom is 0.317 e. The fourth-order valence-corrected chi connectivity index (χ4v) is 2.09. The van der Waals surface area contributed by atoms with E-state index < -0.39 is 5.91 Å². The number of nitrogens with one attached hydrogen (secondary N) is 1. The van der Waals surface area contributed by atoms with Crippen LogP contribution < -0.4 is 11.1 Å². The van der Waals surface area contributed by atoms with Gasteiger partial charge in [0.05, 0.1) is 0 Å². The van der Waals surface area contributed by atoms with Crippen LogP contribution in [0.3, 0.4) is 0 Å². The van der Waals surface area contributed by atoms with E-state index in [1.807, 2.05) is 42.5 Å². The number of hydrogen-bond acceptors (Lipinski definition) is 3. The summed E-state index contributed by atoms with van der Waals surface area (Å²) in [7, 11) is 0. The molecule has 0 unspecified atom stereocenters. The Hall–Kier alpha value is -2.89. The maximum atomic E-state index is 12.4. The largest absolute Gasteiger partial charge is 0.370 e. The fraction of sp³-hybridized carbons (Fsp3) is 0.235. The minimum Gasteiger partial charge on any atom is -0.370 e. The van der Waals surface area contributed by atoms with Gasteiger partial charge in [0, 0.05) is 38.4 Å². The highest BCUT2D eigenvalue weighted by Gasteiger charge is 2.14. The van der Waals surface area contributed by atoms with E-state index in [1.165, 1.54) is 0 Å². The number of primary amides is 1. The number of urea groups is 1. The van der Waals surface area contributed by atoms with Gasteiger partial charge in [-0.15, -0.1) is 0 Å². The molecule has 3 amide bonds. The number of amides is 3. The molecule has 1 aromatic carbocycles. The zero-order valence-corrected chi connectivity index (χ0v) is 12.8. The van der Waals surface area contributed by atoms with E-state index in [0.29, 0.717) is 13.1 Å². The third-order valence-corrected chi connectivity index (χ3v) is 3.30. The predicted molar refractivity (Wildman–Crippen MR) is 87.1 cm³/mol. The number of carbonyl (C=O) groups excluding carboxylic acids is 2. The molecular weight excluding hydrogens is 292 g/mol. The van der Waals surface area contributed by atoms with Crippen molar-refractivity contribution < 1.29 is 9.59 Å². The van der Waals surface area contributed by atoms with E-state index >= 15 is 0 Å².